The zero-order chi connectivity index (χ0) is 18.6. The summed E-state index contributed by atoms with van der Waals surface area (Å²) in [5, 5.41) is 22.2. The zero-order valence-electron chi connectivity index (χ0n) is 15.1. The number of hydrogen-bond acceptors (Lipinski definition) is 3. The third-order valence-corrected chi connectivity index (χ3v) is 2.81. The zero-order valence-corrected chi connectivity index (χ0v) is 16.6. The molecule has 0 heterocycles. The van der Waals surface area contributed by atoms with Crippen molar-refractivity contribution in [1.29, 1.82) is 0 Å². The number of aliphatic carboxylic acids is 3. The van der Waals surface area contributed by atoms with E-state index in [9.17, 15) is 0 Å². The maximum atomic E-state index is 9.00. The van der Waals surface area contributed by atoms with Gasteiger partial charge in [-0.15, -0.1) is 0 Å². The van der Waals surface area contributed by atoms with Gasteiger partial charge in [-0.1, -0.05) is 34.6 Å². The van der Waals surface area contributed by atoms with Crippen LogP contribution in [0.25, 0.3) is 0 Å². The molecular formula is C16H27O6Ti-. The molecule has 0 aliphatic heterocycles. The van der Waals surface area contributed by atoms with Crippen molar-refractivity contribution in [1.82, 2.24) is 0 Å². The Balaban J connectivity index is -0.000000118. The summed E-state index contributed by atoms with van der Waals surface area (Å²) in [7, 11) is 0. The first kappa shape index (κ1) is 29.5. The van der Waals surface area contributed by atoms with Crippen LogP contribution in [0.3, 0.4) is 0 Å². The largest absolute Gasteiger partial charge is 0.481 e. The molecule has 0 amide bonds. The molecule has 0 bridgehead atoms. The Morgan fingerprint density at radius 3 is 0.870 bits per heavy atom. The van der Waals surface area contributed by atoms with Gasteiger partial charge in [0.15, 0.2) is 0 Å². The molecule has 23 heavy (non-hydrogen) atoms. The molecular weight excluding hydrogens is 336 g/mol. The fourth-order valence-corrected chi connectivity index (χ4v) is 1.41. The van der Waals surface area contributed by atoms with Gasteiger partial charge in [0.25, 0.3) is 17.9 Å². The van der Waals surface area contributed by atoms with Crippen LogP contribution in [0.5, 0.6) is 0 Å². The van der Waals surface area contributed by atoms with E-state index in [4.69, 9.17) is 29.7 Å². The van der Waals surface area contributed by atoms with Gasteiger partial charge in [0, 0.05) is 42.5 Å². The molecule has 7 heteroatoms. The predicted molar refractivity (Wildman–Crippen MR) is 85.6 cm³/mol. The molecule has 0 unspecified atom stereocenters. The third-order valence-electron chi connectivity index (χ3n) is 2.81. The van der Waals surface area contributed by atoms with E-state index in [-0.39, 0.29) is 21.7 Å². The molecule has 132 valence electrons. The van der Waals surface area contributed by atoms with Crippen molar-refractivity contribution in [2.75, 3.05) is 0 Å². The maximum absolute atomic E-state index is 9.00. The van der Waals surface area contributed by atoms with Crippen molar-refractivity contribution in [3.63, 3.8) is 0 Å². The molecule has 0 aliphatic carbocycles. The smallest absolute Gasteiger partial charge is 0.300 e. The summed E-state index contributed by atoms with van der Waals surface area (Å²) >= 11 is 0. The molecule has 0 atom stereocenters. The molecule has 0 radical (unpaired) electrons. The Bertz CT molecular complexity index is 382. The minimum Gasteiger partial charge on any atom is -0.481 e. The van der Waals surface area contributed by atoms with Crippen LogP contribution in [0.15, 0.2) is 0 Å². The van der Waals surface area contributed by atoms with Gasteiger partial charge >= 0.3 is 0 Å². The first-order chi connectivity index (χ1) is 9.75. The molecule has 0 saturated heterocycles. The van der Waals surface area contributed by atoms with Gasteiger partial charge < -0.3 is 15.3 Å². The molecule has 0 saturated carbocycles. The average Bonchev–Trinajstić information content (AvgIpc) is 2.45. The van der Waals surface area contributed by atoms with Crippen LogP contribution in [0, 0.1) is 34.6 Å². The Morgan fingerprint density at radius 2 is 0.826 bits per heavy atom. The first-order valence-corrected chi connectivity index (χ1v) is 6.53. The van der Waals surface area contributed by atoms with Gasteiger partial charge in [-0.2, -0.15) is 27.8 Å². The summed E-state index contributed by atoms with van der Waals surface area (Å²) < 4.78 is 0. The van der Waals surface area contributed by atoms with E-state index >= 15 is 0 Å². The van der Waals surface area contributed by atoms with Crippen LogP contribution in [-0.2, 0) is 36.1 Å². The summed E-state index contributed by atoms with van der Waals surface area (Å²) in [4.78, 5) is 27.0. The van der Waals surface area contributed by atoms with Crippen molar-refractivity contribution < 1.29 is 51.4 Å². The van der Waals surface area contributed by atoms with E-state index in [0.717, 1.165) is 20.8 Å². The normalized spacial score (nSPS) is 7.83. The van der Waals surface area contributed by atoms with E-state index in [2.05, 4.69) is 34.6 Å². The second kappa shape index (κ2) is 15.4. The number of carboxylic acid groups (broad SMARTS) is 3. The molecule has 1 aromatic rings. The molecule has 0 aromatic heterocycles. The summed E-state index contributed by atoms with van der Waals surface area (Å²) in [6, 6.07) is 0. The van der Waals surface area contributed by atoms with Crippen molar-refractivity contribution in [2.24, 2.45) is 0 Å². The first-order valence-electron chi connectivity index (χ1n) is 6.53. The maximum Gasteiger partial charge on any atom is 0.300 e. The van der Waals surface area contributed by atoms with Gasteiger partial charge in [-0.25, -0.2) is 0 Å². The summed E-state index contributed by atoms with van der Waals surface area (Å²) in [5.74, 6) is -2.50. The van der Waals surface area contributed by atoms with Gasteiger partial charge in [-0.3, -0.25) is 14.4 Å². The predicted octanol–water partition coefficient (Wildman–Crippen LogP) is 3.22. The van der Waals surface area contributed by atoms with Crippen LogP contribution in [-0.4, -0.2) is 33.2 Å². The van der Waals surface area contributed by atoms with E-state index in [1.54, 1.807) is 0 Å². The Morgan fingerprint density at radius 1 is 0.696 bits per heavy atom. The fraction of sp³-hybridized carbons (Fsp3) is 0.500. The standard InChI is InChI=1S/C10H15.3C2H4O2.Ti/c1-6-7(2)9(4)10(5)8(6)3;3*1-2(3)4;/h1-5H3;3*1H3,(H,3,4);/q-1;;;;. The Labute approximate surface area is 152 Å². The van der Waals surface area contributed by atoms with Crippen LogP contribution >= 0.6 is 0 Å². The molecule has 6 nitrogen and oxygen atoms in total. The van der Waals surface area contributed by atoms with Crippen molar-refractivity contribution in [2.45, 2.75) is 55.4 Å². The van der Waals surface area contributed by atoms with E-state index in [1.165, 1.54) is 27.8 Å². The Hall–Kier alpha value is -1.53. The molecule has 0 fully saturated rings. The second-order valence-corrected chi connectivity index (χ2v) is 4.68. The van der Waals surface area contributed by atoms with Gasteiger partial charge in [0.05, 0.1) is 0 Å². The average molecular weight is 363 g/mol. The number of rotatable bonds is 0. The minimum atomic E-state index is -0.833. The second-order valence-electron chi connectivity index (χ2n) is 4.68. The molecule has 0 spiro atoms. The topological polar surface area (TPSA) is 112 Å². The molecule has 1 rings (SSSR count). The van der Waals surface area contributed by atoms with Gasteiger partial charge in [-0.05, 0) is 0 Å². The molecule has 0 aliphatic rings. The minimum absolute atomic E-state index is 0. The van der Waals surface area contributed by atoms with E-state index in [0.29, 0.717) is 0 Å². The van der Waals surface area contributed by atoms with E-state index < -0.39 is 17.9 Å². The van der Waals surface area contributed by atoms with Crippen LogP contribution in [0.2, 0.25) is 0 Å². The SMILES string of the molecule is CC(=O)O.CC(=O)O.CC(=O)O.Cc1c(C)c(C)[c-](C)c1C.[Ti]. The van der Waals surface area contributed by atoms with Crippen molar-refractivity contribution >= 4 is 17.9 Å². The summed E-state index contributed by atoms with van der Waals surface area (Å²) in [6.07, 6.45) is 0. The Kier molecular flexibility index (Phi) is 19.7. The quantitative estimate of drug-likeness (QED) is 0.482. The number of hydrogen-bond donors (Lipinski definition) is 3. The van der Waals surface area contributed by atoms with Crippen molar-refractivity contribution in [3.8, 4) is 0 Å². The molecule has 3 N–H and O–H groups in total. The van der Waals surface area contributed by atoms with E-state index in [1.807, 2.05) is 0 Å². The third kappa shape index (κ3) is 20.5. The number of carboxylic acids is 3. The van der Waals surface area contributed by atoms with Gasteiger partial charge in [0.2, 0.25) is 0 Å². The number of carbonyl (C=O) groups is 3. The molecule has 1 aromatic carbocycles. The van der Waals surface area contributed by atoms with Crippen LogP contribution in [0.1, 0.15) is 48.6 Å². The fourth-order valence-electron chi connectivity index (χ4n) is 1.41. The van der Waals surface area contributed by atoms with Crippen molar-refractivity contribution in [3.05, 3.63) is 27.8 Å². The summed E-state index contributed by atoms with van der Waals surface area (Å²) in [5.41, 5.74) is 7.34. The monoisotopic (exact) mass is 363 g/mol. The van der Waals surface area contributed by atoms with Gasteiger partial charge in [0.1, 0.15) is 0 Å². The van der Waals surface area contributed by atoms with Crippen LogP contribution < -0.4 is 0 Å². The van der Waals surface area contributed by atoms with Crippen LogP contribution in [0.4, 0.5) is 0 Å². The summed E-state index contributed by atoms with van der Waals surface area (Å²) in [6.45, 7) is 14.2.